The lowest BCUT2D eigenvalue weighted by Crippen LogP contribution is -2.04. The summed E-state index contributed by atoms with van der Waals surface area (Å²) in [5, 5.41) is 16.6. The van der Waals surface area contributed by atoms with E-state index in [9.17, 15) is 9.90 Å². The normalized spacial score (nSPS) is 11.0. The number of aryl methyl sites for hydroxylation is 1. The molecule has 0 radical (unpaired) electrons. The number of fused-ring (bicyclic) bond motifs is 3. The molecule has 2 aromatic heterocycles. The summed E-state index contributed by atoms with van der Waals surface area (Å²) in [6.07, 6.45) is 0. The number of methoxy groups -OCH3 is 1. The Bertz CT molecular complexity index is 1170. The van der Waals surface area contributed by atoms with Crippen LogP contribution in [0, 0.1) is 6.92 Å². The van der Waals surface area contributed by atoms with Gasteiger partial charge in [-0.3, -0.25) is 0 Å². The molecule has 4 aromatic rings. The van der Waals surface area contributed by atoms with Gasteiger partial charge in [-0.2, -0.15) is 0 Å². The maximum absolute atomic E-state index is 11.3. The average Bonchev–Trinajstić information content (AvgIpc) is 3.16. The number of aromatic carboxylic acids is 1. The smallest absolute Gasteiger partial charge is 0.335 e. The van der Waals surface area contributed by atoms with Gasteiger partial charge in [0.1, 0.15) is 11.6 Å². The molecule has 6 heteroatoms. The van der Waals surface area contributed by atoms with Crippen LogP contribution in [0.5, 0.6) is 5.75 Å². The molecule has 0 aliphatic carbocycles. The molecule has 0 aliphatic heterocycles. The first-order valence-electron chi connectivity index (χ1n) is 8.48. The fourth-order valence-electron chi connectivity index (χ4n) is 3.15. The number of rotatable bonds is 5. The Morgan fingerprint density at radius 3 is 2.78 bits per heavy atom. The van der Waals surface area contributed by atoms with Crippen LogP contribution in [0.1, 0.15) is 21.5 Å². The molecule has 0 unspecified atom stereocenters. The van der Waals surface area contributed by atoms with E-state index in [1.807, 2.05) is 29.6 Å². The maximum Gasteiger partial charge on any atom is 0.335 e. The van der Waals surface area contributed by atoms with Crippen LogP contribution in [0.15, 0.2) is 47.8 Å². The van der Waals surface area contributed by atoms with Crippen LogP contribution in [0.3, 0.4) is 0 Å². The highest BCUT2D eigenvalue weighted by Crippen LogP contribution is 2.34. The highest BCUT2D eigenvalue weighted by Gasteiger charge is 2.12. The Balaban J connectivity index is 1.72. The zero-order chi connectivity index (χ0) is 19.0. The Kier molecular flexibility index (Phi) is 4.41. The molecule has 0 saturated heterocycles. The molecule has 27 heavy (non-hydrogen) atoms. The van der Waals surface area contributed by atoms with Crippen molar-refractivity contribution in [1.82, 2.24) is 4.98 Å². The number of aromatic nitrogens is 1. The fourth-order valence-corrected chi connectivity index (χ4v) is 4.03. The number of hydrogen-bond acceptors (Lipinski definition) is 5. The Morgan fingerprint density at radius 1 is 1.19 bits per heavy atom. The molecule has 0 aliphatic rings. The molecule has 4 rings (SSSR count). The van der Waals surface area contributed by atoms with Gasteiger partial charge in [0, 0.05) is 17.3 Å². The van der Waals surface area contributed by atoms with Crippen molar-refractivity contribution >= 4 is 44.1 Å². The quantitative estimate of drug-likeness (QED) is 0.507. The second-order valence-electron chi connectivity index (χ2n) is 6.31. The van der Waals surface area contributed by atoms with E-state index in [1.165, 1.54) is 5.56 Å². The van der Waals surface area contributed by atoms with Crippen LogP contribution in [0.4, 0.5) is 5.82 Å². The molecule has 0 saturated carbocycles. The van der Waals surface area contributed by atoms with E-state index in [4.69, 9.17) is 9.72 Å². The van der Waals surface area contributed by atoms with E-state index in [-0.39, 0.29) is 5.56 Å². The number of carboxylic acid groups (broad SMARTS) is 1. The molecular formula is C21H18N2O3S. The van der Waals surface area contributed by atoms with E-state index in [0.717, 1.165) is 38.1 Å². The van der Waals surface area contributed by atoms with Crippen molar-refractivity contribution in [3.63, 3.8) is 0 Å². The third-order valence-electron chi connectivity index (χ3n) is 4.64. The van der Waals surface area contributed by atoms with Gasteiger partial charge in [0.25, 0.3) is 0 Å². The van der Waals surface area contributed by atoms with Gasteiger partial charge in [-0.1, -0.05) is 6.07 Å². The van der Waals surface area contributed by atoms with Gasteiger partial charge in [0.05, 0.1) is 22.9 Å². The van der Waals surface area contributed by atoms with Crippen molar-refractivity contribution in [2.24, 2.45) is 0 Å². The minimum absolute atomic E-state index is 0.270. The molecule has 0 spiro atoms. The second-order valence-corrected chi connectivity index (χ2v) is 7.22. The number of anilines is 1. The zero-order valence-electron chi connectivity index (χ0n) is 14.9. The molecule has 0 fully saturated rings. The van der Waals surface area contributed by atoms with Gasteiger partial charge in [-0.15, -0.1) is 11.3 Å². The van der Waals surface area contributed by atoms with Crippen LogP contribution < -0.4 is 10.1 Å². The lowest BCUT2D eigenvalue weighted by molar-refractivity contribution is 0.0697. The van der Waals surface area contributed by atoms with E-state index in [1.54, 1.807) is 36.6 Å². The van der Waals surface area contributed by atoms with Crippen LogP contribution in [0.2, 0.25) is 0 Å². The SMILES string of the molecule is COc1ccc(CNc2nc3ccc(C(=O)O)cc3c3ccsc23)c(C)c1. The van der Waals surface area contributed by atoms with E-state index < -0.39 is 5.97 Å². The molecule has 0 bridgehead atoms. The number of hydrogen-bond donors (Lipinski definition) is 2. The van der Waals surface area contributed by atoms with Gasteiger partial charge < -0.3 is 15.2 Å². The topological polar surface area (TPSA) is 71.5 Å². The highest BCUT2D eigenvalue weighted by molar-refractivity contribution is 7.18. The summed E-state index contributed by atoms with van der Waals surface area (Å²) < 4.78 is 6.29. The van der Waals surface area contributed by atoms with Crippen molar-refractivity contribution in [3.05, 3.63) is 64.5 Å². The van der Waals surface area contributed by atoms with Crippen molar-refractivity contribution in [2.45, 2.75) is 13.5 Å². The summed E-state index contributed by atoms with van der Waals surface area (Å²) in [6.45, 7) is 2.70. The molecule has 136 valence electrons. The monoisotopic (exact) mass is 378 g/mol. The lowest BCUT2D eigenvalue weighted by atomic mass is 10.1. The minimum Gasteiger partial charge on any atom is -0.497 e. The van der Waals surface area contributed by atoms with Crippen LogP contribution in [-0.4, -0.2) is 23.2 Å². The molecule has 2 N–H and O–H groups in total. The number of nitrogens with zero attached hydrogens (tertiary/aromatic N) is 1. The predicted molar refractivity (Wildman–Crippen MR) is 109 cm³/mol. The first-order chi connectivity index (χ1) is 13.1. The maximum atomic E-state index is 11.3. The summed E-state index contributed by atoms with van der Waals surface area (Å²) in [5.41, 5.74) is 3.37. The van der Waals surface area contributed by atoms with Crippen LogP contribution in [-0.2, 0) is 6.54 Å². The van der Waals surface area contributed by atoms with Gasteiger partial charge >= 0.3 is 5.97 Å². The molecule has 0 amide bonds. The zero-order valence-corrected chi connectivity index (χ0v) is 15.8. The van der Waals surface area contributed by atoms with Gasteiger partial charge in [-0.25, -0.2) is 9.78 Å². The average molecular weight is 378 g/mol. The highest BCUT2D eigenvalue weighted by atomic mass is 32.1. The van der Waals surface area contributed by atoms with Gasteiger partial charge in [0.2, 0.25) is 0 Å². The van der Waals surface area contributed by atoms with Gasteiger partial charge in [0.15, 0.2) is 0 Å². The number of carboxylic acids is 1. The van der Waals surface area contributed by atoms with Crippen molar-refractivity contribution in [3.8, 4) is 5.75 Å². The Labute approximate surface area is 160 Å². The van der Waals surface area contributed by atoms with Crippen molar-refractivity contribution in [1.29, 1.82) is 0 Å². The number of carbonyl (C=O) groups is 1. The summed E-state index contributed by atoms with van der Waals surface area (Å²) >= 11 is 1.60. The summed E-state index contributed by atoms with van der Waals surface area (Å²) in [7, 11) is 1.66. The third-order valence-corrected chi connectivity index (χ3v) is 5.56. The molecular weight excluding hydrogens is 360 g/mol. The first kappa shape index (κ1) is 17.3. The van der Waals surface area contributed by atoms with Crippen molar-refractivity contribution in [2.75, 3.05) is 12.4 Å². The molecule has 2 aromatic carbocycles. The van der Waals surface area contributed by atoms with Gasteiger partial charge in [-0.05, 0) is 59.8 Å². The van der Waals surface area contributed by atoms with E-state index in [0.29, 0.717) is 6.54 Å². The number of nitrogens with one attached hydrogen (secondary N) is 1. The Hall–Kier alpha value is -3.12. The molecule has 0 atom stereocenters. The number of ether oxygens (including phenoxy) is 1. The molecule has 2 heterocycles. The lowest BCUT2D eigenvalue weighted by Gasteiger charge is -2.12. The summed E-state index contributed by atoms with van der Waals surface area (Å²) in [4.78, 5) is 16.0. The second kappa shape index (κ2) is 6.89. The third kappa shape index (κ3) is 3.19. The summed E-state index contributed by atoms with van der Waals surface area (Å²) in [5.74, 6) is 0.721. The van der Waals surface area contributed by atoms with E-state index >= 15 is 0 Å². The number of benzene rings is 2. The Morgan fingerprint density at radius 2 is 2.04 bits per heavy atom. The first-order valence-corrected chi connectivity index (χ1v) is 9.36. The number of thiophene rings is 1. The van der Waals surface area contributed by atoms with Crippen LogP contribution in [0.25, 0.3) is 21.0 Å². The minimum atomic E-state index is -0.933. The fraction of sp³-hybridized carbons (Fsp3) is 0.143. The van der Waals surface area contributed by atoms with E-state index in [2.05, 4.69) is 12.2 Å². The van der Waals surface area contributed by atoms with Crippen molar-refractivity contribution < 1.29 is 14.6 Å². The van der Waals surface area contributed by atoms with Crippen LogP contribution >= 0.6 is 11.3 Å². The standard InChI is InChI=1S/C21H18N2O3S/c1-12-9-15(26-2)5-3-14(12)11-22-20-19-16(7-8-27-19)17-10-13(21(24)25)4-6-18(17)23-20/h3-10H,11H2,1-2H3,(H,22,23)(H,24,25). The number of pyridine rings is 1. The molecule has 5 nitrogen and oxygen atoms in total. The summed E-state index contributed by atoms with van der Waals surface area (Å²) in [6, 6.07) is 13.1. The largest absolute Gasteiger partial charge is 0.497 e. The predicted octanol–water partition coefficient (Wildman–Crippen LogP) is 5.08.